The van der Waals surface area contributed by atoms with Crippen LogP contribution in [0.4, 0.5) is 4.79 Å². The number of ether oxygens (including phenoxy) is 1. The highest BCUT2D eigenvalue weighted by Crippen LogP contribution is 2.33. The fraction of sp³-hybridized carbons (Fsp3) is 0.917. The normalized spacial score (nSPS) is 33.4. The highest BCUT2D eigenvalue weighted by Gasteiger charge is 2.41. The summed E-state index contributed by atoms with van der Waals surface area (Å²) in [5, 5.41) is 10.0. The number of piperidine rings is 1. The molecule has 0 aromatic carbocycles. The van der Waals surface area contributed by atoms with Crippen LogP contribution >= 0.6 is 11.8 Å². The smallest absolute Gasteiger partial charge is 0.410 e. The van der Waals surface area contributed by atoms with E-state index in [4.69, 9.17) is 4.74 Å². The van der Waals surface area contributed by atoms with Crippen molar-refractivity contribution < 1.29 is 14.6 Å². The zero-order valence-electron chi connectivity index (χ0n) is 10.7. The van der Waals surface area contributed by atoms with Gasteiger partial charge < -0.3 is 14.7 Å². The summed E-state index contributed by atoms with van der Waals surface area (Å²) in [5.41, 5.74) is -0.447. The van der Waals surface area contributed by atoms with E-state index < -0.39 is 5.60 Å². The molecule has 2 aliphatic heterocycles. The second-order valence-electron chi connectivity index (χ2n) is 5.93. The molecule has 2 aliphatic rings. The first kappa shape index (κ1) is 13.0. The van der Waals surface area contributed by atoms with E-state index in [9.17, 15) is 9.90 Å². The molecular weight excluding hydrogens is 238 g/mol. The number of hydrogen-bond acceptors (Lipinski definition) is 4. The number of amides is 1. The van der Waals surface area contributed by atoms with Crippen LogP contribution in [0.25, 0.3) is 0 Å². The maximum Gasteiger partial charge on any atom is 0.410 e. The maximum atomic E-state index is 12.0. The summed E-state index contributed by atoms with van der Waals surface area (Å²) >= 11 is 1.88. The Morgan fingerprint density at radius 3 is 2.29 bits per heavy atom. The third kappa shape index (κ3) is 3.07. The van der Waals surface area contributed by atoms with E-state index in [1.165, 1.54) is 0 Å². The molecule has 0 aromatic heterocycles. The first-order valence-corrected chi connectivity index (χ1v) is 7.26. The number of nitrogens with zero attached hydrogens (tertiary/aromatic N) is 1. The molecule has 17 heavy (non-hydrogen) atoms. The van der Waals surface area contributed by atoms with E-state index in [1.807, 2.05) is 32.5 Å². The molecule has 4 nitrogen and oxygen atoms in total. The van der Waals surface area contributed by atoms with Gasteiger partial charge in [-0.3, -0.25) is 0 Å². The molecule has 1 amide bonds. The molecule has 0 saturated carbocycles. The topological polar surface area (TPSA) is 49.8 Å². The largest absolute Gasteiger partial charge is 0.444 e. The van der Waals surface area contributed by atoms with Crippen molar-refractivity contribution in [3.05, 3.63) is 0 Å². The van der Waals surface area contributed by atoms with Crippen LogP contribution in [0.2, 0.25) is 0 Å². The van der Waals surface area contributed by atoms with E-state index in [-0.39, 0.29) is 24.0 Å². The molecular formula is C12H21NO3S. The summed E-state index contributed by atoms with van der Waals surface area (Å²) in [6, 6.07) is 0. The third-order valence-electron chi connectivity index (χ3n) is 3.19. The van der Waals surface area contributed by atoms with Crippen molar-refractivity contribution in [3.8, 4) is 0 Å². The molecule has 0 radical (unpaired) electrons. The van der Waals surface area contributed by atoms with Gasteiger partial charge in [0.15, 0.2) is 0 Å². The monoisotopic (exact) mass is 259 g/mol. The molecule has 1 N–H and O–H groups in total. The minimum atomic E-state index is -0.447. The molecule has 5 heteroatoms. The van der Waals surface area contributed by atoms with Gasteiger partial charge in [-0.15, -0.1) is 0 Å². The van der Waals surface area contributed by atoms with Gasteiger partial charge in [-0.05, 0) is 20.8 Å². The Labute approximate surface area is 107 Å². The lowest BCUT2D eigenvalue weighted by Crippen LogP contribution is -2.55. The van der Waals surface area contributed by atoms with Crippen LogP contribution in [0.15, 0.2) is 0 Å². The lowest BCUT2D eigenvalue weighted by atomic mass is 9.88. The molecule has 0 aliphatic carbocycles. The van der Waals surface area contributed by atoms with Crippen molar-refractivity contribution in [1.82, 2.24) is 4.90 Å². The van der Waals surface area contributed by atoms with Gasteiger partial charge in [0.2, 0.25) is 0 Å². The standard InChI is InChI=1S/C12H21NO3S/c1-12(2,3)16-11(15)13-4-8-6-17-7-9(5-13)10(8)14/h8-10,14H,4-7H2,1-3H3. The van der Waals surface area contributed by atoms with Crippen LogP contribution in [0.1, 0.15) is 20.8 Å². The van der Waals surface area contributed by atoms with Gasteiger partial charge in [0, 0.05) is 36.4 Å². The highest BCUT2D eigenvalue weighted by atomic mass is 32.2. The molecule has 2 rings (SSSR count). The molecule has 2 heterocycles. The number of carbonyl (C=O) groups excluding carboxylic acids is 1. The van der Waals surface area contributed by atoms with Crippen molar-refractivity contribution in [2.45, 2.75) is 32.5 Å². The SMILES string of the molecule is CC(C)(C)OC(=O)N1CC2CSCC(C1)C2O. The van der Waals surface area contributed by atoms with Crippen LogP contribution in [0, 0.1) is 11.8 Å². The number of likely N-dealkylation sites (tertiary alicyclic amines) is 1. The van der Waals surface area contributed by atoms with Crippen LogP contribution in [-0.4, -0.2) is 52.4 Å². The van der Waals surface area contributed by atoms with Crippen LogP contribution in [0.5, 0.6) is 0 Å². The Hall–Kier alpha value is -0.420. The Morgan fingerprint density at radius 2 is 1.82 bits per heavy atom. The number of thioether (sulfide) groups is 1. The summed E-state index contributed by atoms with van der Waals surface area (Å²) < 4.78 is 5.38. The van der Waals surface area contributed by atoms with Crippen molar-refractivity contribution in [1.29, 1.82) is 0 Å². The number of aliphatic hydroxyl groups excluding tert-OH is 1. The summed E-state index contributed by atoms with van der Waals surface area (Å²) in [7, 11) is 0. The molecule has 2 fully saturated rings. The quantitative estimate of drug-likeness (QED) is 0.717. The van der Waals surface area contributed by atoms with Crippen molar-refractivity contribution in [2.24, 2.45) is 11.8 Å². The Kier molecular flexibility index (Phi) is 3.59. The van der Waals surface area contributed by atoms with Gasteiger partial charge in [0.1, 0.15) is 5.60 Å². The number of carbonyl (C=O) groups is 1. The lowest BCUT2D eigenvalue weighted by molar-refractivity contribution is -0.0274. The molecule has 0 aromatic rings. The van der Waals surface area contributed by atoms with Gasteiger partial charge in [-0.1, -0.05) is 0 Å². The number of fused-ring (bicyclic) bond motifs is 2. The fourth-order valence-corrected chi connectivity index (χ4v) is 3.74. The summed E-state index contributed by atoms with van der Waals surface area (Å²) in [4.78, 5) is 13.7. The molecule has 2 unspecified atom stereocenters. The van der Waals surface area contributed by atoms with Gasteiger partial charge in [0.05, 0.1) is 6.10 Å². The van der Waals surface area contributed by atoms with E-state index in [1.54, 1.807) is 4.90 Å². The molecule has 0 spiro atoms. The number of rotatable bonds is 0. The van der Waals surface area contributed by atoms with Crippen molar-refractivity contribution >= 4 is 17.9 Å². The zero-order valence-corrected chi connectivity index (χ0v) is 11.5. The Morgan fingerprint density at radius 1 is 1.29 bits per heavy atom. The minimum Gasteiger partial charge on any atom is -0.444 e. The van der Waals surface area contributed by atoms with Crippen molar-refractivity contribution in [3.63, 3.8) is 0 Å². The van der Waals surface area contributed by atoms with Crippen LogP contribution in [-0.2, 0) is 4.74 Å². The minimum absolute atomic E-state index is 0.208. The highest BCUT2D eigenvalue weighted by molar-refractivity contribution is 7.99. The predicted molar refractivity (Wildman–Crippen MR) is 68.1 cm³/mol. The zero-order chi connectivity index (χ0) is 12.6. The molecule has 2 saturated heterocycles. The number of hydrogen-bond donors (Lipinski definition) is 1. The summed E-state index contributed by atoms with van der Waals surface area (Å²) in [6.45, 7) is 6.88. The third-order valence-corrected chi connectivity index (χ3v) is 4.52. The van der Waals surface area contributed by atoms with E-state index in [0.29, 0.717) is 13.1 Å². The van der Waals surface area contributed by atoms with Gasteiger partial charge >= 0.3 is 6.09 Å². The number of aliphatic hydroxyl groups is 1. The van der Waals surface area contributed by atoms with Crippen molar-refractivity contribution in [2.75, 3.05) is 24.6 Å². The van der Waals surface area contributed by atoms with E-state index >= 15 is 0 Å². The fourth-order valence-electron chi connectivity index (χ4n) is 2.39. The summed E-state index contributed by atoms with van der Waals surface area (Å²) in [5.74, 6) is 2.30. The van der Waals surface area contributed by atoms with Crippen LogP contribution < -0.4 is 0 Å². The molecule has 2 atom stereocenters. The van der Waals surface area contributed by atoms with E-state index in [2.05, 4.69) is 0 Å². The Balaban J connectivity index is 1.97. The Bertz CT molecular complexity index is 289. The molecule has 2 bridgehead atoms. The van der Waals surface area contributed by atoms with Crippen LogP contribution in [0.3, 0.4) is 0 Å². The van der Waals surface area contributed by atoms with Gasteiger partial charge in [0.25, 0.3) is 0 Å². The van der Waals surface area contributed by atoms with E-state index in [0.717, 1.165) is 11.5 Å². The first-order chi connectivity index (χ1) is 7.87. The summed E-state index contributed by atoms with van der Waals surface area (Å²) in [6.07, 6.45) is -0.485. The first-order valence-electron chi connectivity index (χ1n) is 6.10. The second-order valence-corrected chi connectivity index (χ2v) is 7.01. The average molecular weight is 259 g/mol. The van der Waals surface area contributed by atoms with Gasteiger partial charge in [-0.25, -0.2) is 4.79 Å². The predicted octanol–water partition coefficient (Wildman–Crippen LogP) is 1.58. The lowest BCUT2D eigenvalue weighted by Gasteiger charge is -2.44. The second kappa shape index (κ2) is 4.69. The van der Waals surface area contributed by atoms with Gasteiger partial charge in [-0.2, -0.15) is 11.8 Å². The maximum absolute atomic E-state index is 12.0. The average Bonchev–Trinajstić information content (AvgIpc) is 2.13. The molecule has 98 valence electrons.